The third-order valence-corrected chi connectivity index (χ3v) is 1.21. The van der Waals surface area contributed by atoms with Gasteiger partial charge in [0, 0.05) is 6.42 Å². The zero-order chi connectivity index (χ0) is 6.53. The molecule has 0 aliphatic rings. The smallest absolute Gasteiger partial charge is 0.103 e. The zero-order valence-electron chi connectivity index (χ0n) is 5.34. The summed E-state index contributed by atoms with van der Waals surface area (Å²) in [7, 11) is 0. The van der Waals surface area contributed by atoms with Crippen molar-refractivity contribution >= 4 is 0 Å². The highest BCUT2D eigenvalue weighted by Gasteiger charge is 1.91. The lowest BCUT2D eigenvalue weighted by Crippen LogP contribution is -1.99. The van der Waals surface area contributed by atoms with E-state index < -0.39 is 0 Å². The maximum Gasteiger partial charge on any atom is 0.103 e. The predicted molar refractivity (Wildman–Crippen MR) is 36.1 cm³/mol. The largest absolute Gasteiger partial charge is 0.469 e. The molecule has 0 amide bonds. The van der Waals surface area contributed by atoms with Crippen LogP contribution in [0, 0.1) is 0 Å². The first kappa shape index (κ1) is 6.36. The van der Waals surface area contributed by atoms with Crippen molar-refractivity contribution in [2.75, 3.05) is 6.54 Å². The maximum absolute atomic E-state index is 5.30. The van der Waals surface area contributed by atoms with Crippen LogP contribution in [0.15, 0.2) is 22.8 Å². The lowest BCUT2D eigenvalue weighted by Gasteiger charge is -1.90. The molecule has 50 valence electrons. The van der Waals surface area contributed by atoms with Crippen molar-refractivity contribution in [2.24, 2.45) is 5.73 Å². The Hall–Kier alpha value is -0.760. The van der Waals surface area contributed by atoms with Gasteiger partial charge in [-0.1, -0.05) is 0 Å². The van der Waals surface area contributed by atoms with Gasteiger partial charge in [0.1, 0.15) is 5.76 Å². The summed E-state index contributed by atoms with van der Waals surface area (Å²) >= 11 is 0. The minimum Gasteiger partial charge on any atom is -0.469 e. The molecule has 1 rings (SSSR count). The van der Waals surface area contributed by atoms with Crippen LogP contribution in [-0.4, -0.2) is 6.54 Å². The first-order valence-corrected chi connectivity index (χ1v) is 3.16. The summed E-state index contributed by atoms with van der Waals surface area (Å²) in [4.78, 5) is 0. The van der Waals surface area contributed by atoms with Crippen LogP contribution in [0.4, 0.5) is 0 Å². The molecule has 2 nitrogen and oxygen atoms in total. The van der Waals surface area contributed by atoms with Crippen molar-refractivity contribution in [2.45, 2.75) is 12.8 Å². The van der Waals surface area contributed by atoms with E-state index >= 15 is 0 Å². The molecule has 0 unspecified atom stereocenters. The van der Waals surface area contributed by atoms with Crippen molar-refractivity contribution in [3.63, 3.8) is 0 Å². The second kappa shape index (κ2) is 3.30. The van der Waals surface area contributed by atoms with Gasteiger partial charge in [0.2, 0.25) is 0 Å². The first-order valence-electron chi connectivity index (χ1n) is 3.16. The van der Waals surface area contributed by atoms with Gasteiger partial charge in [0.25, 0.3) is 0 Å². The summed E-state index contributed by atoms with van der Waals surface area (Å²) in [6.07, 6.45) is 3.66. The molecule has 1 aromatic heterocycles. The third kappa shape index (κ3) is 1.90. The molecule has 0 radical (unpaired) electrons. The number of hydrogen-bond donors (Lipinski definition) is 1. The fourth-order valence-corrected chi connectivity index (χ4v) is 0.731. The lowest BCUT2D eigenvalue weighted by atomic mass is 10.2. The van der Waals surface area contributed by atoms with E-state index in [1.54, 1.807) is 6.26 Å². The summed E-state index contributed by atoms with van der Waals surface area (Å²) in [6.45, 7) is 0.737. The fourth-order valence-electron chi connectivity index (χ4n) is 0.731. The highest BCUT2D eigenvalue weighted by Crippen LogP contribution is 2.01. The quantitative estimate of drug-likeness (QED) is 0.658. The van der Waals surface area contributed by atoms with Crippen molar-refractivity contribution in [1.29, 1.82) is 0 Å². The third-order valence-electron chi connectivity index (χ3n) is 1.21. The van der Waals surface area contributed by atoms with Gasteiger partial charge in [0.05, 0.1) is 6.26 Å². The zero-order valence-corrected chi connectivity index (χ0v) is 5.34. The molecule has 1 aromatic rings. The van der Waals surface area contributed by atoms with Crippen molar-refractivity contribution in [1.82, 2.24) is 0 Å². The average molecular weight is 125 g/mol. The van der Waals surface area contributed by atoms with Gasteiger partial charge in [-0.05, 0) is 25.1 Å². The Kier molecular flexibility index (Phi) is 2.33. The lowest BCUT2D eigenvalue weighted by molar-refractivity contribution is 0.503. The van der Waals surface area contributed by atoms with Gasteiger partial charge in [-0.2, -0.15) is 0 Å². The summed E-state index contributed by atoms with van der Waals surface area (Å²) in [6, 6.07) is 3.86. The van der Waals surface area contributed by atoms with Crippen LogP contribution in [0.25, 0.3) is 0 Å². The molecular formula is C7H11NO. The highest BCUT2D eigenvalue weighted by atomic mass is 16.3. The average Bonchev–Trinajstić information content (AvgIpc) is 2.34. The van der Waals surface area contributed by atoms with Gasteiger partial charge in [0.15, 0.2) is 0 Å². The summed E-state index contributed by atoms with van der Waals surface area (Å²) in [5.41, 5.74) is 5.30. The topological polar surface area (TPSA) is 39.2 Å². The molecule has 0 aliphatic carbocycles. The molecular weight excluding hydrogens is 114 g/mol. The Labute approximate surface area is 54.7 Å². The molecule has 0 saturated heterocycles. The monoisotopic (exact) mass is 125 g/mol. The number of furan rings is 1. The molecule has 0 fully saturated rings. The molecule has 0 atom stereocenters. The minimum atomic E-state index is 0.737. The standard InChI is InChI=1S/C7H11NO/c8-5-1-3-7-4-2-6-9-7/h2,4,6H,1,3,5,8H2. The molecule has 9 heavy (non-hydrogen) atoms. The van der Waals surface area contributed by atoms with E-state index in [1.165, 1.54) is 0 Å². The molecule has 0 saturated carbocycles. The predicted octanol–water partition coefficient (Wildman–Crippen LogP) is 1.17. The van der Waals surface area contributed by atoms with Crippen molar-refractivity contribution in [3.05, 3.63) is 24.2 Å². The fraction of sp³-hybridized carbons (Fsp3) is 0.429. The van der Waals surface area contributed by atoms with Crippen LogP contribution in [0.2, 0.25) is 0 Å². The Morgan fingerprint density at radius 3 is 3.00 bits per heavy atom. The molecule has 0 bridgehead atoms. The number of nitrogens with two attached hydrogens (primary N) is 1. The molecule has 2 heteroatoms. The van der Waals surface area contributed by atoms with Crippen LogP contribution in [0.5, 0.6) is 0 Å². The van der Waals surface area contributed by atoms with Gasteiger partial charge in [-0.25, -0.2) is 0 Å². The highest BCUT2D eigenvalue weighted by molar-refractivity contribution is 4.97. The van der Waals surface area contributed by atoms with E-state index in [2.05, 4.69) is 0 Å². The Morgan fingerprint density at radius 2 is 2.44 bits per heavy atom. The minimum absolute atomic E-state index is 0.737. The Morgan fingerprint density at radius 1 is 1.56 bits per heavy atom. The molecule has 2 N–H and O–H groups in total. The van der Waals surface area contributed by atoms with E-state index in [-0.39, 0.29) is 0 Å². The van der Waals surface area contributed by atoms with E-state index in [1.807, 2.05) is 12.1 Å². The second-order valence-corrected chi connectivity index (χ2v) is 1.97. The number of rotatable bonds is 3. The Balaban J connectivity index is 2.30. The van der Waals surface area contributed by atoms with Crippen LogP contribution >= 0.6 is 0 Å². The van der Waals surface area contributed by atoms with E-state index in [0.717, 1.165) is 25.1 Å². The Bertz CT molecular complexity index is 146. The normalized spacial score (nSPS) is 9.89. The van der Waals surface area contributed by atoms with E-state index in [0.29, 0.717) is 0 Å². The van der Waals surface area contributed by atoms with Crippen molar-refractivity contribution < 1.29 is 4.42 Å². The second-order valence-electron chi connectivity index (χ2n) is 1.97. The summed E-state index contributed by atoms with van der Waals surface area (Å²) in [5, 5.41) is 0. The van der Waals surface area contributed by atoms with Crippen LogP contribution in [0.1, 0.15) is 12.2 Å². The van der Waals surface area contributed by atoms with Gasteiger partial charge in [-0.15, -0.1) is 0 Å². The van der Waals surface area contributed by atoms with Gasteiger partial charge >= 0.3 is 0 Å². The summed E-state index contributed by atoms with van der Waals surface area (Å²) in [5.74, 6) is 1.03. The molecule has 0 spiro atoms. The molecule has 1 heterocycles. The van der Waals surface area contributed by atoms with Crippen LogP contribution < -0.4 is 5.73 Å². The molecule has 0 aromatic carbocycles. The number of hydrogen-bond acceptors (Lipinski definition) is 2. The van der Waals surface area contributed by atoms with Crippen molar-refractivity contribution in [3.8, 4) is 0 Å². The van der Waals surface area contributed by atoms with Gasteiger partial charge in [-0.3, -0.25) is 0 Å². The molecule has 0 aliphatic heterocycles. The van der Waals surface area contributed by atoms with E-state index in [4.69, 9.17) is 10.2 Å². The van der Waals surface area contributed by atoms with Crippen LogP contribution in [-0.2, 0) is 6.42 Å². The SMILES string of the molecule is NCCCc1ccco1. The van der Waals surface area contributed by atoms with Crippen LogP contribution in [0.3, 0.4) is 0 Å². The maximum atomic E-state index is 5.30. The first-order chi connectivity index (χ1) is 4.43. The van der Waals surface area contributed by atoms with E-state index in [9.17, 15) is 0 Å². The summed E-state index contributed by atoms with van der Waals surface area (Å²) < 4.78 is 5.08. The number of aryl methyl sites for hydroxylation is 1. The van der Waals surface area contributed by atoms with Gasteiger partial charge < -0.3 is 10.2 Å².